The van der Waals surface area contributed by atoms with Crippen LogP contribution in [0.3, 0.4) is 0 Å². The first-order valence-electron chi connectivity index (χ1n) is 7.26. The van der Waals surface area contributed by atoms with E-state index < -0.39 is 0 Å². The molecule has 3 heteroatoms. The minimum absolute atomic E-state index is 0.217. The molecule has 0 bridgehead atoms. The molecule has 20 heavy (non-hydrogen) atoms. The highest BCUT2D eigenvalue weighted by atomic mass is 16.2. The quantitative estimate of drug-likeness (QED) is 0.814. The zero-order valence-corrected chi connectivity index (χ0v) is 12.4. The van der Waals surface area contributed by atoms with Crippen LogP contribution in [0.4, 0.5) is 0 Å². The molecule has 0 aliphatic carbocycles. The fourth-order valence-corrected chi connectivity index (χ4v) is 2.53. The summed E-state index contributed by atoms with van der Waals surface area (Å²) in [5, 5.41) is 14.9. The molecular weight excluding hydrogens is 248 g/mol. The predicted molar refractivity (Wildman–Crippen MR) is 83.6 cm³/mol. The van der Waals surface area contributed by atoms with Crippen molar-refractivity contribution in [3.63, 3.8) is 0 Å². The largest absolute Gasteiger partial charge is 0.396 e. The van der Waals surface area contributed by atoms with E-state index in [1.54, 1.807) is 0 Å². The third kappa shape index (κ3) is 4.02. The number of nitrogens with zero attached hydrogens (tertiary/aromatic N) is 1. The van der Waals surface area contributed by atoms with Gasteiger partial charge in [-0.15, -0.1) is 0 Å². The highest BCUT2D eigenvalue weighted by Gasteiger charge is 2.16. The molecule has 0 aliphatic heterocycles. The zero-order valence-electron chi connectivity index (χ0n) is 12.4. The lowest BCUT2D eigenvalue weighted by atomic mass is 9.88. The van der Waals surface area contributed by atoms with Crippen molar-refractivity contribution in [2.75, 3.05) is 13.2 Å². The summed E-state index contributed by atoms with van der Waals surface area (Å²) in [5.41, 5.74) is 1.53. The molecule has 0 unspecified atom stereocenters. The molecule has 108 valence electrons. The third-order valence-corrected chi connectivity index (χ3v) is 3.70. The molecule has 2 aromatic rings. The number of rotatable bonds is 7. The molecule has 2 N–H and O–H groups in total. The average molecular weight is 272 g/mol. The van der Waals surface area contributed by atoms with Crippen LogP contribution < -0.4 is 5.32 Å². The van der Waals surface area contributed by atoms with Gasteiger partial charge in [0.15, 0.2) is 0 Å². The van der Waals surface area contributed by atoms with Crippen LogP contribution in [0.5, 0.6) is 0 Å². The van der Waals surface area contributed by atoms with Gasteiger partial charge in [-0.25, -0.2) is 0 Å². The van der Waals surface area contributed by atoms with Gasteiger partial charge >= 0.3 is 0 Å². The van der Waals surface area contributed by atoms with Crippen LogP contribution >= 0.6 is 0 Å². The van der Waals surface area contributed by atoms with E-state index in [1.807, 2.05) is 12.4 Å². The highest BCUT2D eigenvalue weighted by Crippen LogP contribution is 2.22. The molecule has 0 radical (unpaired) electrons. The molecule has 1 heterocycles. The molecule has 0 fully saturated rings. The van der Waals surface area contributed by atoms with Crippen molar-refractivity contribution in [3.05, 3.63) is 42.2 Å². The smallest absolute Gasteiger partial charge is 0.0431 e. The van der Waals surface area contributed by atoms with Gasteiger partial charge in [0.2, 0.25) is 0 Å². The minimum Gasteiger partial charge on any atom is -0.396 e. The third-order valence-electron chi connectivity index (χ3n) is 3.70. The Morgan fingerprint density at radius 1 is 1.25 bits per heavy atom. The second-order valence-electron chi connectivity index (χ2n) is 6.11. The normalized spacial score (nSPS) is 11.9. The Labute approximate surface area is 121 Å². The van der Waals surface area contributed by atoms with Crippen molar-refractivity contribution < 1.29 is 5.11 Å². The predicted octanol–water partition coefficient (Wildman–Crippen LogP) is 3.12. The second kappa shape index (κ2) is 6.82. The van der Waals surface area contributed by atoms with Crippen LogP contribution in [-0.2, 0) is 6.54 Å². The molecule has 0 atom stereocenters. The maximum Gasteiger partial charge on any atom is 0.0431 e. The zero-order chi connectivity index (χ0) is 14.4. The topological polar surface area (TPSA) is 45.1 Å². The minimum atomic E-state index is 0.217. The lowest BCUT2D eigenvalue weighted by Crippen LogP contribution is -2.29. The fourth-order valence-electron chi connectivity index (χ4n) is 2.53. The molecule has 0 spiro atoms. The van der Waals surface area contributed by atoms with Crippen LogP contribution in [0, 0.1) is 5.41 Å². The molecular formula is C17H24N2O. The lowest BCUT2D eigenvalue weighted by molar-refractivity contribution is 0.236. The van der Waals surface area contributed by atoms with Crippen molar-refractivity contribution in [1.82, 2.24) is 10.3 Å². The summed E-state index contributed by atoms with van der Waals surface area (Å²) in [6.45, 7) is 6.57. The summed E-state index contributed by atoms with van der Waals surface area (Å²) in [7, 11) is 0. The summed E-state index contributed by atoms with van der Waals surface area (Å²) in [4.78, 5) is 4.16. The van der Waals surface area contributed by atoms with Gasteiger partial charge in [0.05, 0.1) is 0 Å². The van der Waals surface area contributed by atoms with Crippen LogP contribution in [0.2, 0.25) is 0 Å². The molecule has 0 saturated carbocycles. The summed E-state index contributed by atoms with van der Waals surface area (Å²) in [5.74, 6) is 0. The standard InChI is InChI=1S/C17H24N2O/c1-17(2,8-4-10-20)13-19-12-15-6-3-5-14-11-18-9-7-16(14)15/h3,5-7,9,11,19-20H,4,8,10,12-13H2,1-2H3. The van der Waals surface area contributed by atoms with Crippen molar-refractivity contribution in [1.29, 1.82) is 0 Å². The van der Waals surface area contributed by atoms with Crippen LogP contribution in [0.25, 0.3) is 10.8 Å². The van der Waals surface area contributed by atoms with Gasteiger partial charge < -0.3 is 10.4 Å². The number of fused-ring (bicyclic) bond motifs is 1. The number of pyridine rings is 1. The highest BCUT2D eigenvalue weighted by molar-refractivity contribution is 5.84. The monoisotopic (exact) mass is 272 g/mol. The van der Waals surface area contributed by atoms with Crippen molar-refractivity contribution in [2.45, 2.75) is 33.2 Å². The number of aliphatic hydroxyl groups is 1. The maximum absolute atomic E-state index is 8.93. The van der Waals surface area contributed by atoms with Gasteiger partial charge in [-0.1, -0.05) is 32.0 Å². The van der Waals surface area contributed by atoms with Crippen LogP contribution in [0.15, 0.2) is 36.7 Å². The Kier molecular flexibility index (Phi) is 5.10. The SMILES string of the molecule is CC(C)(CCCO)CNCc1cccc2cnccc12. The first-order valence-corrected chi connectivity index (χ1v) is 7.26. The van der Waals surface area contributed by atoms with Crippen LogP contribution in [-0.4, -0.2) is 23.2 Å². The molecule has 2 rings (SSSR count). The maximum atomic E-state index is 8.93. The second-order valence-corrected chi connectivity index (χ2v) is 6.11. The van der Waals surface area contributed by atoms with E-state index >= 15 is 0 Å². The summed E-state index contributed by atoms with van der Waals surface area (Å²) in [6, 6.07) is 8.41. The number of hydrogen-bond acceptors (Lipinski definition) is 3. The van der Waals surface area contributed by atoms with E-state index in [0.29, 0.717) is 0 Å². The fraction of sp³-hybridized carbons (Fsp3) is 0.471. The molecule has 0 amide bonds. The number of aromatic nitrogens is 1. The Morgan fingerprint density at radius 3 is 2.90 bits per heavy atom. The number of hydrogen-bond donors (Lipinski definition) is 2. The van der Waals surface area contributed by atoms with Gasteiger partial charge in [-0.05, 0) is 35.3 Å². The van der Waals surface area contributed by atoms with E-state index in [0.717, 1.165) is 25.9 Å². The molecule has 1 aromatic heterocycles. The Bertz CT molecular complexity index is 546. The van der Waals surface area contributed by atoms with E-state index in [9.17, 15) is 0 Å². The number of benzene rings is 1. The summed E-state index contributed by atoms with van der Waals surface area (Å²) < 4.78 is 0. The first-order chi connectivity index (χ1) is 9.62. The molecule has 3 nitrogen and oxygen atoms in total. The lowest BCUT2D eigenvalue weighted by Gasteiger charge is -2.25. The van der Waals surface area contributed by atoms with E-state index in [4.69, 9.17) is 5.11 Å². The van der Waals surface area contributed by atoms with Crippen LogP contribution in [0.1, 0.15) is 32.3 Å². The van der Waals surface area contributed by atoms with Crippen molar-refractivity contribution >= 4 is 10.8 Å². The van der Waals surface area contributed by atoms with Gasteiger partial charge in [-0.3, -0.25) is 4.98 Å². The van der Waals surface area contributed by atoms with Gasteiger partial charge in [0.1, 0.15) is 0 Å². The summed E-state index contributed by atoms with van der Waals surface area (Å²) in [6.07, 6.45) is 5.66. The van der Waals surface area contributed by atoms with Gasteiger partial charge in [0, 0.05) is 37.5 Å². The average Bonchev–Trinajstić information content (AvgIpc) is 2.45. The Hall–Kier alpha value is -1.45. The van der Waals surface area contributed by atoms with Gasteiger partial charge in [-0.2, -0.15) is 0 Å². The Morgan fingerprint density at radius 2 is 2.10 bits per heavy atom. The van der Waals surface area contributed by atoms with Crippen molar-refractivity contribution in [3.8, 4) is 0 Å². The number of aliphatic hydroxyl groups excluding tert-OH is 1. The van der Waals surface area contributed by atoms with Gasteiger partial charge in [0.25, 0.3) is 0 Å². The molecule has 0 aliphatic rings. The first kappa shape index (κ1) is 14.9. The van der Waals surface area contributed by atoms with E-state index in [-0.39, 0.29) is 12.0 Å². The Balaban J connectivity index is 1.96. The molecule has 0 saturated heterocycles. The van der Waals surface area contributed by atoms with E-state index in [2.05, 4.69) is 48.4 Å². The molecule has 1 aromatic carbocycles. The summed E-state index contributed by atoms with van der Waals surface area (Å²) >= 11 is 0. The van der Waals surface area contributed by atoms with E-state index in [1.165, 1.54) is 16.3 Å². The van der Waals surface area contributed by atoms with Crippen molar-refractivity contribution in [2.24, 2.45) is 5.41 Å². The number of nitrogens with one attached hydrogen (secondary N) is 1.